The molecule has 2 aliphatic rings. The normalized spacial score (nSPS) is 41.1. The van der Waals surface area contributed by atoms with E-state index in [0.717, 1.165) is 25.3 Å². The lowest BCUT2D eigenvalue weighted by atomic mass is 9.85. The SMILES string of the molecule is CC1CCC(N2CCCC2(C)C(=O)O)CC1. The number of nitrogens with zero attached hydrogens (tertiary/aromatic N) is 1. The summed E-state index contributed by atoms with van der Waals surface area (Å²) in [5.74, 6) is 0.193. The molecular weight excluding hydrogens is 202 g/mol. The molecule has 1 heterocycles. The average Bonchev–Trinajstić information content (AvgIpc) is 2.63. The van der Waals surface area contributed by atoms with Crippen molar-refractivity contribution in [3.8, 4) is 0 Å². The molecule has 16 heavy (non-hydrogen) atoms. The summed E-state index contributed by atoms with van der Waals surface area (Å²) < 4.78 is 0. The molecule has 92 valence electrons. The van der Waals surface area contributed by atoms with Gasteiger partial charge in [0.1, 0.15) is 5.54 Å². The first-order chi connectivity index (χ1) is 7.54. The van der Waals surface area contributed by atoms with Crippen LogP contribution in [0.5, 0.6) is 0 Å². The fraction of sp³-hybridized carbons (Fsp3) is 0.923. The minimum atomic E-state index is -0.636. The first-order valence-electron chi connectivity index (χ1n) is 6.54. The van der Waals surface area contributed by atoms with Crippen molar-refractivity contribution >= 4 is 5.97 Å². The van der Waals surface area contributed by atoms with Crippen molar-refractivity contribution in [3.05, 3.63) is 0 Å². The highest BCUT2D eigenvalue weighted by Gasteiger charge is 2.46. The number of likely N-dealkylation sites (tertiary alicyclic amines) is 1. The molecule has 0 spiro atoms. The third kappa shape index (κ3) is 1.97. The molecule has 0 aromatic heterocycles. The average molecular weight is 225 g/mol. The second kappa shape index (κ2) is 4.36. The molecule has 1 aliphatic carbocycles. The zero-order valence-electron chi connectivity index (χ0n) is 10.4. The molecule has 0 aromatic rings. The van der Waals surface area contributed by atoms with Crippen LogP contribution in [0, 0.1) is 5.92 Å². The molecule has 1 N–H and O–H groups in total. The number of carbonyl (C=O) groups is 1. The van der Waals surface area contributed by atoms with Crippen molar-refractivity contribution < 1.29 is 9.90 Å². The van der Waals surface area contributed by atoms with Gasteiger partial charge in [0.2, 0.25) is 0 Å². The Hall–Kier alpha value is -0.570. The Morgan fingerprint density at radius 2 is 1.94 bits per heavy atom. The molecule has 2 rings (SSSR count). The predicted molar refractivity (Wildman–Crippen MR) is 63.4 cm³/mol. The van der Waals surface area contributed by atoms with Gasteiger partial charge in [-0.15, -0.1) is 0 Å². The van der Waals surface area contributed by atoms with Gasteiger partial charge in [-0.25, -0.2) is 0 Å². The number of carboxylic acid groups (broad SMARTS) is 1. The molecular formula is C13H23NO2. The van der Waals surface area contributed by atoms with Gasteiger partial charge < -0.3 is 5.11 Å². The van der Waals surface area contributed by atoms with Crippen LogP contribution in [0.2, 0.25) is 0 Å². The van der Waals surface area contributed by atoms with Gasteiger partial charge in [-0.3, -0.25) is 9.69 Å². The van der Waals surface area contributed by atoms with E-state index in [4.69, 9.17) is 0 Å². The van der Waals surface area contributed by atoms with Gasteiger partial charge in [-0.2, -0.15) is 0 Å². The molecule has 3 heteroatoms. The van der Waals surface area contributed by atoms with E-state index in [0.29, 0.717) is 6.04 Å². The minimum Gasteiger partial charge on any atom is -0.480 e. The first-order valence-corrected chi connectivity index (χ1v) is 6.54. The van der Waals surface area contributed by atoms with Gasteiger partial charge >= 0.3 is 5.97 Å². The highest BCUT2D eigenvalue weighted by Crippen LogP contribution is 2.37. The van der Waals surface area contributed by atoms with E-state index in [2.05, 4.69) is 11.8 Å². The van der Waals surface area contributed by atoms with E-state index in [-0.39, 0.29) is 0 Å². The maximum atomic E-state index is 11.4. The van der Waals surface area contributed by atoms with Crippen LogP contribution in [0.15, 0.2) is 0 Å². The summed E-state index contributed by atoms with van der Waals surface area (Å²) in [5.41, 5.74) is -0.592. The number of carboxylic acids is 1. The fourth-order valence-electron chi connectivity index (χ4n) is 3.35. The van der Waals surface area contributed by atoms with Crippen LogP contribution >= 0.6 is 0 Å². The third-order valence-electron chi connectivity index (χ3n) is 4.58. The van der Waals surface area contributed by atoms with Gasteiger partial charge in [0.25, 0.3) is 0 Å². The van der Waals surface area contributed by atoms with Crippen LogP contribution in [0.1, 0.15) is 52.4 Å². The summed E-state index contributed by atoms with van der Waals surface area (Å²) in [6.07, 6.45) is 6.74. The molecule has 1 saturated heterocycles. The van der Waals surface area contributed by atoms with E-state index in [1.165, 1.54) is 25.7 Å². The maximum absolute atomic E-state index is 11.4. The summed E-state index contributed by atoms with van der Waals surface area (Å²) in [6.45, 7) is 5.18. The molecule has 1 atom stereocenters. The summed E-state index contributed by atoms with van der Waals surface area (Å²) >= 11 is 0. The van der Waals surface area contributed by atoms with E-state index >= 15 is 0 Å². The topological polar surface area (TPSA) is 40.5 Å². The monoisotopic (exact) mass is 225 g/mol. The second-order valence-corrected chi connectivity index (χ2v) is 5.79. The van der Waals surface area contributed by atoms with E-state index in [9.17, 15) is 9.90 Å². The summed E-state index contributed by atoms with van der Waals surface area (Å²) in [6, 6.07) is 0.514. The van der Waals surface area contributed by atoms with Gasteiger partial charge in [0.15, 0.2) is 0 Å². The standard InChI is InChI=1S/C13H23NO2/c1-10-4-6-11(7-5-10)14-9-3-8-13(14,2)12(15)16/h10-11H,3-9H2,1-2H3,(H,15,16). The smallest absolute Gasteiger partial charge is 0.323 e. The highest BCUT2D eigenvalue weighted by atomic mass is 16.4. The predicted octanol–water partition coefficient (Wildman–Crippen LogP) is 2.50. The summed E-state index contributed by atoms with van der Waals surface area (Å²) in [4.78, 5) is 13.7. The summed E-state index contributed by atoms with van der Waals surface area (Å²) in [5, 5.41) is 9.38. The van der Waals surface area contributed by atoms with Crippen molar-refractivity contribution in [1.82, 2.24) is 4.90 Å². The maximum Gasteiger partial charge on any atom is 0.323 e. The Bertz CT molecular complexity index is 271. The van der Waals surface area contributed by atoms with Gasteiger partial charge in [-0.1, -0.05) is 6.92 Å². The molecule has 1 aliphatic heterocycles. The zero-order chi connectivity index (χ0) is 11.8. The number of rotatable bonds is 2. The Kier molecular flexibility index (Phi) is 3.24. The van der Waals surface area contributed by atoms with Crippen LogP contribution in [0.3, 0.4) is 0 Å². The fourth-order valence-corrected chi connectivity index (χ4v) is 3.35. The Morgan fingerprint density at radius 1 is 1.31 bits per heavy atom. The molecule has 1 saturated carbocycles. The Labute approximate surface area is 97.8 Å². The molecule has 1 unspecified atom stereocenters. The van der Waals surface area contributed by atoms with E-state index in [1.807, 2.05) is 6.92 Å². The summed E-state index contributed by atoms with van der Waals surface area (Å²) in [7, 11) is 0. The molecule has 0 amide bonds. The largest absolute Gasteiger partial charge is 0.480 e. The molecule has 0 bridgehead atoms. The quantitative estimate of drug-likeness (QED) is 0.785. The van der Waals surface area contributed by atoms with Crippen LogP contribution in [-0.2, 0) is 4.79 Å². The molecule has 0 aromatic carbocycles. The lowest BCUT2D eigenvalue weighted by Gasteiger charge is -2.40. The van der Waals surface area contributed by atoms with Crippen molar-refractivity contribution in [2.75, 3.05) is 6.54 Å². The lowest BCUT2D eigenvalue weighted by molar-refractivity contribution is -0.150. The van der Waals surface area contributed by atoms with Crippen molar-refractivity contribution in [1.29, 1.82) is 0 Å². The molecule has 2 fully saturated rings. The number of hydrogen-bond acceptors (Lipinski definition) is 2. The lowest BCUT2D eigenvalue weighted by Crippen LogP contribution is -2.53. The highest BCUT2D eigenvalue weighted by molar-refractivity contribution is 5.78. The second-order valence-electron chi connectivity index (χ2n) is 5.79. The molecule has 3 nitrogen and oxygen atoms in total. The van der Waals surface area contributed by atoms with Crippen LogP contribution < -0.4 is 0 Å². The number of hydrogen-bond donors (Lipinski definition) is 1. The van der Waals surface area contributed by atoms with Crippen molar-refractivity contribution in [2.45, 2.75) is 64.0 Å². The van der Waals surface area contributed by atoms with E-state index in [1.54, 1.807) is 0 Å². The Balaban J connectivity index is 2.06. The van der Waals surface area contributed by atoms with Gasteiger partial charge in [0, 0.05) is 6.04 Å². The van der Waals surface area contributed by atoms with Crippen molar-refractivity contribution in [3.63, 3.8) is 0 Å². The van der Waals surface area contributed by atoms with E-state index < -0.39 is 11.5 Å². The first kappa shape index (κ1) is 11.9. The van der Waals surface area contributed by atoms with Crippen LogP contribution in [-0.4, -0.2) is 34.1 Å². The zero-order valence-corrected chi connectivity index (χ0v) is 10.4. The molecule has 0 radical (unpaired) electrons. The van der Waals surface area contributed by atoms with Gasteiger partial charge in [0.05, 0.1) is 0 Å². The Morgan fingerprint density at radius 3 is 2.50 bits per heavy atom. The van der Waals surface area contributed by atoms with Crippen LogP contribution in [0.4, 0.5) is 0 Å². The van der Waals surface area contributed by atoms with Crippen molar-refractivity contribution in [2.24, 2.45) is 5.92 Å². The number of aliphatic carboxylic acids is 1. The minimum absolute atomic E-state index is 0.514. The van der Waals surface area contributed by atoms with Crippen LogP contribution in [0.25, 0.3) is 0 Å². The van der Waals surface area contributed by atoms with Gasteiger partial charge in [-0.05, 0) is 57.9 Å². The third-order valence-corrected chi connectivity index (χ3v) is 4.58.